The van der Waals surface area contributed by atoms with Gasteiger partial charge in [0.05, 0.1) is 14.2 Å². The number of benzene rings is 2. The van der Waals surface area contributed by atoms with Crippen molar-refractivity contribution in [3.8, 4) is 11.5 Å². The summed E-state index contributed by atoms with van der Waals surface area (Å²) in [4.78, 5) is 14.2. The van der Waals surface area contributed by atoms with E-state index in [2.05, 4.69) is 4.90 Å². The quantitative estimate of drug-likeness (QED) is 0.878. The number of nitrogens with zero attached hydrogens (tertiary/aromatic N) is 1. The maximum absolute atomic E-state index is 12.1. The summed E-state index contributed by atoms with van der Waals surface area (Å²) in [6.45, 7) is 1.60. The Hall–Kier alpha value is -2.53. The Morgan fingerprint density at radius 1 is 1.12 bits per heavy atom. The van der Waals surface area contributed by atoms with Gasteiger partial charge in [-0.15, -0.1) is 0 Å². The molecule has 2 aromatic rings. The molecule has 1 fully saturated rings. The van der Waals surface area contributed by atoms with Gasteiger partial charge in [-0.25, -0.2) is 0 Å². The average Bonchev–Trinajstić information content (AvgIpc) is 3.11. The highest BCUT2D eigenvalue weighted by molar-refractivity contribution is 5.81. The number of hydrogen-bond donors (Lipinski definition) is 1. The molecule has 3 rings (SSSR count). The lowest BCUT2D eigenvalue weighted by molar-refractivity contribution is -0.123. The van der Waals surface area contributed by atoms with Crippen molar-refractivity contribution in [1.82, 2.24) is 4.90 Å². The fourth-order valence-electron chi connectivity index (χ4n) is 3.55. The first-order valence-corrected chi connectivity index (χ1v) is 8.43. The van der Waals surface area contributed by atoms with E-state index in [4.69, 9.17) is 15.2 Å². The number of carbonyl (C=O) groups excluding carboxylic acids is 1. The van der Waals surface area contributed by atoms with Gasteiger partial charge in [0.25, 0.3) is 0 Å². The first-order valence-electron chi connectivity index (χ1n) is 8.43. The number of primary amides is 1. The molecule has 0 spiro atoms. The van der Waals surface area contributed by atoms with E-state index in [-0.39, 0.29) is 5.91 Å². The topological polar surface area (TPSA) is 64.8 Å². The predicted octanol–water partition coefficient (Wildman–Crippen LogP) is 2.72. The van der Waals surface area contributed by atoms with Gasteiger partial charge in [-0.05, 0) is 42.1 Å². The Morgan fingerprint density at radius 3 is 2.32 bits per heavy atom. The summed E-state index contributed by atoms with van der Waals surface area (Å²) in [5.41, 5.74) is 7.81. The van der Waals surface area contributed by atoms with Gasteiger partial charge < -0.3 is 15.2 Å². The van der Waals surface area contributed by atoms with Crippen LogP contribution in [-0.4, -0.2) is 38.1 Å². The van der Waals surface area contributed by atoms with Crippen molar-refractivity contribution in [1.29, 1.82) is 0 Å². The maximum Gasteiger partial charge on any atom is 0.239 e. The molecule has 0 saturated carbocycles. The van der Waals surface area contributed by atoms with E-state index in [1.807, 2.05) is 48.5 Å². The molecule has 2 atom stereocenters. The van der Waals surface area contributed by atoms with Gasteiger partial charge in [-0.3, -0.25) is 9.69 Å². The zero-order valence-electron chi connectivity index (χ0n) is 14.6. The predicted molar refractivity (Wildman–Crippen MR) is 96.9 cm³/mol. The lowest BCUT2D eigenvalue weighted by Crippen LogP contribution is -2.36. The maximum atomic E-state index is 12.1. The highest BCUT2D eigenvalue weighted by Gasteiger charge is 2.33. The normalized spacial score (nSPS) is 18.7. The van der Waals surface area contributed by atoms with Gasteiger partial charge in [-0.2, -0.15) is 0 Å². The Kier molecular flexibility index (Phi) is 5.24. The van der Waals surface area contributed by atoms with Gasteiger partial charge >= 0.3 is 0 Å². The Balaban J connectivity index is 1.82. The number of methoxy groups -OCH3 is 2. The smallest absolute Gasteiger partial charge is 0.239 e. The van der Waals surface area contributed by atoms with E-state index < -0.39 is 6.04 Å². The molecule has 2 aromatic carbocycles. The summed E-state index contributed by atoms with van der Waals surface area (Å²) >= 11 is 0. The fourth-order valence-corrected chi connectivity index (χ4v) is 3.55. The van der Waals surface area contributed by atoms with Crippen LogP contribution < -0.4 is 15.2 Å². The lowest BCUT2D eigenvalue weighted by Gasteiger charge is -2.25. The molecule has 132 valence electrons. The van der Waals surface area contributed by atoms with E-state index in [0.717, 1.165) is 42.1 Å². The molecule has 5 heteroatoms. The third kappa shape index (κ3) is 3.77. The zero-order valence-corrected chi connectivity index (χ0v) is 14.6. The third-order valence-electron chi connectivity index (χ3n) is 4.81. The Bertz CT molecular complexity index is 711. The van der Waals surface area contributed by atoms with Crippen LogP contribution in [0.2, 0.25) is 0 Å². The van der Waals surface area contributed by atoms with Gasteiger partial charge in [0, 0.05) is 12.6 Å². The van der Waals surface area contributed by atoms with Gasteiger partial charge in [0.1, 0.15) is 17.5 Å². The molecule has 1 heterocycles. The molecule has 0 bridgehead atoms. The van der Waals surface area contributed by atoms with E-state index in [1.165, 1.54) is 0 Å². The number of ether oxygens (including phenoxy) is 2. The molecule has 0 aromatic heterocycles. The van der Waals surface area contributed by atoms with Crippen molar-refractivity contribution >= 4 is 5.91 Å². The van der Waals surface area contributed by atoms with E-state index in [0.29, 0.717) is 5.92 Å². The SMILES string of the molecule is COc1cc(OC)cc(C2CCN(C(C(N)=O)c3ccccc3)C2)c1. The monoisotopic (exact) mass is 340 g/mol. The average molecular weight is 340 g/mol. The van der Waals surface area contributed by atoms with Crippen molar-refractivity contribution in [2.45, 2.75) is 18.4 Å². The largest absolute Gasteiger partial charge is 0.497 e. The number of hydrogen-bond acceptors (Lipinski definition) is 4. The standard InChI is InChI=1S/C20H24N2O3/c1-24-17-10-16(11-18(12-17)25-2)15-8-9-22(13-15)19(20(21)23)14-6-4-3-5-7-14/h3-7,10-12,15,19H,8-9,13H2,1-2H3,(H2,21,23). The summed E-state index contributed by atoms with van der Waals surface area (Å²) in [6.07, 6.45) is 0.965. The first-order chi connectivity index (χ1) is 12.1. The molecule has 1 aliphatic rings. The second-order valence-corrected chi connectivity index (χ2v) is 6.34. The van der Waals surface area contributed by atoms with Crippen LogP contribution in [0, 0.1) is 0 Å². The van der Waals surface area contributed by atoms with Crippen LogP contribution in [0.5, 0.6) is 11.5 Å². The third-order valence-corrected chi connectivity index (χ3v) is 4.81. The van der Waals surface area contributed by atoms with Gasteiger partial charge in [-0.1, -0.05) is 30.3 Å². The summed E-state index contributed by atoms with van der Waals surface area (Å²) in [5.74, 6) is 1.56. The van der Waals surface area contributed by atoms with Gasteiger partial charge in [0.2, 0.25) is 5.91 Å². The summed E-state index contributed by atoms with van der Waals surface area (Å²) in [5, 5.41) is 0. The van der Waals surface area contributed by atoms with Crippen LogP contribution >= 0.6 is 0 Å². The molecular formula is C20H24N2O3. The molecule has 25 heavy (non-hydrogen) atoms. The number of likely N-dealkylation sites (tertiary alicyclic amines) is 1. The lowest BCUT2D eigenvalue weighted by atomic mass is 9.97. The summed E-state index contributed by atoms with van der Waals surface area (Å²) in [7, 11) is 3.30. The van der Waals surface area contributed by atoms with Crippen molar-refractivity contribution < 1.29 is 14.3 Å². The molecule has 5 nitrogen and oxygen atoms in total. The molecule has 1 saturated heterocycles. The molecule has 0 radical (unpaired) electrons. The first kappa shape index (κ1) is 17.3. The molecular weight excluding hydrogens is 316 g/mol. The second kappa shape index (κ2) is 7.57. The number of nitrogens with two attached hydrogens (primary N) is 1. The second-order valence-electron chi connectivity index (χ2n) is 6.34. The van der Waals surface area contributed by atoms with Crippen LogP contribution in [-0.2, 0) is 4.79 Å². The molecule has 1 aliphatic heterocycles. The fraction of sp³-hybridized carbons (Fsp3) is 0.350. The van der Waals surface area contributed by atoms with Crippen LogP contribution in [0.1, 0.15) is 29.5 Å². The van der Waals surface area contributed by atoms with E-state index >= 15 is 0 Å². The number of amides is 1. The minimum Gasteiger partial charge on any atom is -0.497 e. The van der Waals surface area contributed by atoms with E-state index in [1.54, 1.807) is 14.2 Å². The Morgan fingerprint density at radius 2 is 1.76 bits per heavy atom. The summed E-state index contributed by atoms with van der Waals surface area (Å²) < 4.78 is 10.7. The molecule has 2 N–H and O–H groups in total. The summed E-state index contributed by atoms with van der Waals surface area (Å²) in [6, 6.07) is 15.3. The molecule has 2 unspecified atom stereocenters. The molecule has 1 amide bonds. The van der Waals surface area contributed by atoms with E-state index in [9.17, 15) is 4.79 Å². The minimum atomic E-state index is -0.390. The van der Waals surface area contributed by atoms with Crippen LogP contribution in [0.4, 0.5) is 0 Å². The van der Waals surface area contributed by atoms with Crippen LogP contribution in [0.3, 0.4) is 0 Å². The van der Waals surface area contributed by atoms with Crippen molar-refractivity contribution in [3.05, 3.63) is 59.7 Å². The number of carbonyl (C=O) groups is 1. The molecule has 0 aliphatic carbocycles. The van der Waals surface area contributed by atoms with Crippen LogP contribution in [0.15, 0.2) is 48.5 Å². The zero-order chi connectivity index (χ0) is 17.8. The minimum absolute atomic E-state index is 0.310. The highest BCUT2D eigenvalue weighted by Crippen LogP contribution is 2.36. The number of rotatable bonds is 6. The van der Waals surface area contributed by atoms with Crippen LogP contribution in [0.25, 0.3) is 0 Å². The van der Waals surface area contributed by atoms with Crippen molar-refractivity contribution in [2.75, 3.05) is 27.3 Å². The highest BCUT2D eigenvalue weighted by atomic mass is 16.5. The Labute approximate surface area is 148 Å². The van der Waals surface area contributed by atoms with Crippen molar-refractivity contribution in [3.63, 3.8) is 0 Å². The van der Waals surface area contributed by atoms with Gasteiger partial charge in [0.15, 0.2) is 0 Å². The van der Waals surface area contributed by atoms with Crippen molar-refractivity contribution in [2.24, 2.45) is 5.73 Å².